The van der Waals surface area contributed by atoms with Gasteiger partial charge in [-0.25, -0.2) is 13.2 Å². The lowest BCUT2D eigenvalue weighted by molar-refractivity contribution is 0.528. The smallest absolute Gasteiger partial charge is 0.408 e. The summed E-state index contributed by atoms with van der Waals surface area (Å²) in [5, 5.41) is 0. The minimum atomic E-state index is -3.70. The highest BCUT2D eigenvalue weighted by Crippen LogP contribution is 2.22. The van der Waals surface area contributed by atoms with Crippen molar-refractivity contribution < 1.29 is 12.8 Å². The minimum Gasteiger partial charge on any atom is -0.408 e. The van der Waals surface area contributed by atoms with Gasteiger partial charge in [0.15, 0.2) is 5.58 Å². The summed E-state index contributed by atoms with van der Waals surface area (Å²) in [6, 6.07) is 11.0. The molecular weight excluding hydrogens is 372 g/mol. The molecule has 0 aliphatic heterocycles. The number of fused-ring (bicyclic) bond motifs is 1. The molecule has 0 aliphatic carbocycles. The Balaban J connectivity index is 1.98. The lowest BCUT2D eigenvalue weighted by atomic mass is 10.3. The maximum absolute atomic E-state index is 12.3. The molecule has 1 aromatic heterocycles. The topological polar surface area (TPSA) is 81.3 Å². The first-order valence-electron chi connectivity index (χ1n) is 6.25. The Morgan fingerprint density at radius 2 is 1.82 bits per heavy atom. The molecule has 6 nitrogen and oxygen atoms in total. The summed E-state index contributed by atoms with van der Waals surface area (Å²) in [5.74, 6) is -0.497. The zero-order chi connectivity index (χ0) is 15.9. The molecule has 22 heavy (non-hydrogen) atoms. The summed E-state index contributed by atoms with van der Waals surface area (Å²) in [6.45, 7) is 0. The molecule has 114 valence electrons. The summed E-state index contributed by atoms with van der Waals surface area (Å²) in [4.78, 5) is 11.6. The number of nitrogens with zero attached hydrogens (tertiary/aromatic N) is 1. The summed E-state index contributed by atoms with van der Waals surface area (Å²) >= 11 is 3.26. The number of halogens is 1. The van der Waals surface area contributed by atoms with E-state index in [-0.39, 0.29) is 4.90 Å². The molecule has 1 heterocycles. The van der Waals surface area contributed by atoms with E-state index >= 15 is 0 Å². The van der Waals surface area contributed by atoms with Crippen molar-refractivity contribution >= 4 is 42.7 Å². The third-order valence-corrected chi connectivity index (χ3v) is 5.09. The monoisotopic (exact) mass is 382 g/mol. The summed E-state index contributed by atoms with van der Waals surface area (Å²) in [5.41, 5.74) is 1.24. The Labute approximate surface area is 134 Å². The number of rotatable bonds is 3. The van der Waals surface area contributed by atoms with E-state index < -0.39 is 15.8 Å². The van der Waals surface area contributed by atoms with Crippen LogP contribution in [-0.2, 0) is 17.1 Å². The second-order valence-corrected chi connectivity index (χ2v) is 7.27. The first-order valence-corrected chi connectivity index (χ1v) is 8.52. The van der Waals surface area contributed by atoms with Crippen LogP contribution < -0.4 is 10.5 Å². The number of sulfonamides is 1. The highest BCUT2D eigenvalue weighted by atomic mass is 79.9. The fourth-order valence-corrected chi connectivity index (χ4v) is 3.34. The van der Waals surface area contributed by atoms with E-state index in [9.17, 15) is 13.2 Å². The van der Waals surface area contributed by atoms with Crippen molar-refractivity contribution in [2.75, 3.05) is 4.72 Å². The number of hydrogen-bond donors (Lipinski definition) is 1. The van der Waals surface area contributed by atoms with Crippen molar-refractivity contribution in [3.63, 3.8) is 0 Å². The molecule has 3 rings (SSSR count). The number of hydrogen-bond acceptors (Lipinski definition) is 4. The second-order valence-electron chi connectivity index (χ2n) is 4.67. The summed E-state index contributed by atoms with van der Waals surface area (Å²) in [7, 11) is -2.12. The number of oxazole rings is 1. The second kappa shape index (κ2) is 5.29. The van der Waals surface area contributed by atoms with Gasteiger partial charge in [0.25, 0.3) is 10.0 Å². The maximum Gasteiger partial charge on any atom is 0.419 e. The lowest BCUT2D eigenvalue weighted by Crippen LogP contribution is -2.12. The van der Waals surface area contributed by atoms with Crippen LogP contribution in [0.15, 0.2) is 61.0 Å². The van der Waals surface area contributed by atoms with Crippen LogP contribution in [0.25, 0.3) is 11.1 Å². The van der Waals surface area contributed by atoms with Gasteiger partial charge >= 0.3 is 5.76 Å². The Bertz CT molecular complexity index is 1000. The van der Waals surface area contributed by atoms with E-state index in [2.05, 4.69) is 20.7 Å². The van der Waals surface area contributed by atoms with E-state index in [1.165, 1.54) is 22.8 Å². The van der Waals surface area contributed by atoms with Crippen molar-refractivity contribution in [2.45, 2.75) is 4.90 Å². The van der Waals surface area contributed by atoms with Crippen molar-refractivity contribution in [3.05, 3.63) is 57.5 Å². The number of aryl methyl sites for hydroxylation is 1. The summed E-state index contributed by atoms with van der Waals surface area (Å²) in [6.07, 6.45) is 0. The summed E-state index contributed by atoms with van der Waals surface area (Å²) < 4.78 is 34.2. The highest BCUT2D eigenvalue weighted by Gasteiger charge is 2.15. The average Bonchev–Trinajstić information content (AvgIpc) is 2.73. The molecule has 0 unspecified atom stereocenters. The van der Waals surface area contributed by atoms with Crippen LogP contribution in [0.1, 0.15) is 0 Å². The van der Waals surface area contributed by atoms with Crippen LogP contribution in [0.2, 0.25) is 0 Å². The molecule has 0 atom stereocenters. The van der Waals surface area contributed by atoms with Gasteiger partial charge in [-0.15, -0.1) is 0 Å². The third kappa shape index (κ3) is 2.67. The molecule has 0 radical (unpaired) electrons. The normalized spacial score (nSPS) is 11.7. The minimum absolute atomic E-state index is 0.144. The van der Waals surface area contributed by atoms with Crippen molar-refractivity contribution in [1.29, 1.82) is 0 Å². The molecule has 0 bridgehead atoms. The molecule has 0 saturated heterocycles. The van der Waals surface area contributed by atoms with Gasteiger partial charge in [0, 0.05) is 17.6 Å². The predicted molar refractivity (Wildman–Crippen MR) is 86.4 cm³/mol. The number of anilines is 1. The van der Waals surface area contributed by atoms with Gasteiger partial charge in [-0.05, 0) is 36.4 Å². The first kappa shape index (κ1) is 14.9. The Kier molecular flexibility index (Phi) is 3.57. The fourth-order valence-electron chi connectivity index (χ4n) is 2.03. The average molecular weight is 383 g/mol. The molecule has 1 N–H and O–H groups in total. The zero-order valence-corrected chi connectivity index (χ0v) is 13.8. The van der Waals surface area contributed by atoms with Crippen LogP contribution in [0.3, 0.4) is 0 Å². The van der Waals surface area contributed by atoms with Crippen LogP contribution in [0.4, 0.5) is 5.69 Å². The van der Waals surface area contributed by atoms with E-state index in [0.29, 0.717) is 16.8 Å². The molecule has 0 spiro atoms. The van der Waals surface area contributed by atoms with Gasteiger partial charge in [-0.1, -0.05) is 15.9 Å². The van der Waals surface area contributed by atoms with E-state index in [0.717, 1.165) is 4.47 Å². The maximum atomic E-state index is 12.3. The van der Waals surface area contributed by atoms with Crippen molar-refractivity contribution in [3.8, 4) is 0 Å². The van der Waals surface area contributed by atoms with E-state index in [4.69, 9.17) is 4.42 Å². The van der Waals surface area contributed by atoms with Crippen molar-refractivity contribution in [1.82, 2.24) is 4.57 Å². The van der Waals surface area contributed by atoms with E-state index in [1.54, 1.807) is 31.3 Å². The predicted octanol–water partition coefficient (Wildman–Crippen LogP) is 2.69. The molecular formula is C14H11BrN2O4S. The first-order chi connectivity index (χ1) is 10.4. The van der Waals surface area contributed by atoms with Crippen LogP contribution in [0, 0.1) is 0 Å². The van der Waals surface area contributed by atoms with E-state index in [1.807, 2.05) is 0 Å². The van der Waals surface area contributed by atoms with Crippen LogP contribution in [-0.4, -0.2) is 13.0 Å². The van der Waals surface area contributed by atoms with Gasteiger partial charge in [0.1, 0.15) is 0 Å². The van der Waals surface area contributed by atoms with Gasteiger partial charge in [-0.2, -0.15) is 0 Å². The molecule has 0 saturated carbocycles. The Hall–Kier alpha value is -2.06. The molecule has 2 aromatic carbocycles. The highest BCUT2D eigenvalue weighted by molar-refractivity contribution is 9.10. The largest absolute Gasteiger partial charge is 0.419 e. The number of aromatic nitrogens is 1. The molecule has 3 aromatic rings. The van der Waals surface area contributed by atoms with Gasteiger partial charge in [-0.3, -0.25) is 9.29 Å². The SMILES string of the molecule is Cn1c(=O)oc2cc(NS(=O)(=O)c3ccc(Br)cc3)ccc21. The standard InChI is InChI=1S/C14H11BrN2O4S/c1-17-12-7-4-10(8-13(12)21-14(17)18)16-22(19,20)11-5-2-9(15)3-6-11/h2-8,16H,1H3. The third-order valence-electron chi connectivity index (χ3n) is 3.17. The van der Waals surface area contributed by atoms with Crippen LogP contribution >= 0.6 is 15.9 Å². The number of nitrogens with one attached hydrogen (secondary N) is 1. The lowest BCUT2D eigenvalue weighted by Gasteiger charge is -2.08. The molecule has 0 amide bonds. The molecule has 0 fully saturated rings. The Morgan fingerprint density at radius 1 is 1.14 bits per heavy atom. The van der Waals surface area contributed by atoms with Gasteiger partial charge < -0.3 is 4.42 Å². The zero-order valence-electron chi connectivity index (χ0n) is 11.4. The van der Waals surface area contributed by atoms with Crippen LogP contribution in [0.5, 0.6) is 0 Å². The fraction of sp³-hybridized carbons (Fsp3) is 0.0714. The Morgan fingerprint density at radius 3 is 2.50 bits per heavy atom. The van der Waals surface area contributed by atoms with Crippen molar-refractivity contribution in [2.24, 2.45) is 7.05 Å². The van der Waals surface area contributed by atoms with Gasteiger partial charge in [0.05, 0.1) is 16.1 Å². The number of benzene rings is 2. The quantitative estimate of drug-likeness (QED) is 0.754. The molecule has 0 aliphatic rings. The molecule has 8 heteroatoms. The van der Waals surface area contributed by atoms with Gasteiger partial charge in [0.2, 0.25) is 0 Å².